The van der Waals surface area contributed by atoms with E-state index in [-0.39, 0.29) is 18.3 Å². The van der Waals surface area contributed by atoms with Gasteiger partial charge in [0.15, 0.2) is 0 Å². The van der Waals surface area contributed by atoms with Gasteiger partial charge in [-0.3, -0.25) is 13.9 Å². The zero-order valence-electron chi connectivity index (χ0n) is 19.6. The molecule has 0 saturated heterocycles. The number of carbonyl (C=O) groups excluding carboxylic acids is 2. The van der Waals surface area contributed by atoms with Gasteiger partial charge in [-0.2, -0.15) is 13.2 Å². The third-order valence-corrected chi connectivity index (χ3v) is 6.61. The number of amides is 2. The first kappa shape index (κ1) is 28.6. The molecule has 35 heavy (non-hydrogen) atoms. The summed E-state index contributed by atoms with van der Waals surface area (Å²) in [6, 6.07) is 9.54. The molecule has 2 aromatic carbocycles. The molecule has 2 aromatic rings. The van der Waals surface area contributed by atoms with Crippen LogP contribution in [0.1, 0.15) is 31.9 Å². The number of benzene rings is 2. The minimum atomic E-state index is -4.70. The second kappa shape index (κ2) is 11.4. The van der Waals surface area contributed by atoms with Gasteiger partial charge < -0.3 is 10.2 Å². The summed E-state index contributed by atoms with van der Waals surface area (Å²) < 4.78 is 65.9. The molecule has 0 spiro atoms. The van der Waals surface area contributed by atoms with E-state index in [1.54, 1.807) is 38.1 Å². The first-order chi connectivity index (χ1) is 16.1. The van der Waals surface area contributed by atoms with E-state index in [2.05, 4.69) is 21.2 Å². The number of carbonyl (C=O) groups is 2. The topological polar surface area (TPSA) is 86.8 Å². The van der Waals surface area contributed by atoms with E-state index in [1.807, 2.05) is 0 Å². The number of halogens is 4. The van der Waals surface area contributed by atoms with Crippen molar-refractivity contribution >= 4 is 43.5 Å². The van der Waals surface area contributed by atoms with Crippen LogP contribution in [0.3, 0.4) is 0 Å². The largest absolute Gasteiger partial charge is 0.416 e. The van der Waals surface area contributed by atoms with Crippen LogP contribution in [-0.4, -0.2) is 50.0 Å². The highest BCUT2D eigenvalue weighted by atomic mass is 79.9. The van der Waals surface area contributed by atoms with Crippen molar-refractivity contribution in [3.63, 3.8) is 0 Å². The molecule has 0 bridgehead atoms. The van der Waals surface area contributed by atoms with Gasteiger partial charge in [-0.05, 0) is 56.7 Å². The van der Waals surface area contributed by atoms with Gasteiger partial charge in [-0.1, -0.05) is 34.1 Å². The van der Waals surface area contributed by atoms with Crippen LogP contribution >= 0.6 is 15.9 Å². The zero-order valence-corrected chi connectivity index (χ0v) is 22.0. The molecule has 0 aliphatic carbocycles. The van der Waals surface area contributed by atoms with Gasteiger partial charge in [0.05, 0.1) is 17.5 Å². The second-order valence-corrected chi connectivity index (χ2v) is 11.1. The van der Waals surface area contributed by atoms with Crippen molar-refractivity contribution in [3.05, 3.63) is 64.1 Å². The fourth-order valence-electron chi connectivity index (χ4n) is 3.27. The Morgan fingerprint density at radius 1 is 1.06 bits per heavy atom. The van der Waals surface area contributed by atoms with E-state index >= 15 is 0 Å². The van der Waals surface area contributed by atoms with Crippen LogP contribution in [-0.2, 0) is 32.3 Å². The number of rotatable bonds is 9. The number of hydrogen-bond acceptors (Lipinski definition) is 4. The molecule has 1 unspecified atom stereocenters. The first-order valence-electron chi connectivity index (χ1n) is 10.6. The number of anilines is 1. The van der Waals surface area contributed by atoms with E-state index in [0.717, 1.165) is 22.9 Å². The number of alkyl halides is 3. The summed E-state index contributed by atoms with van der Waals surface area (Å²) >= 11 is 3.35. The van der Waals surface area contributed by atoms with Gasteiger partial charge in [-0.15, -0.1) is 0 Å². The average Bonchev–Trinajstić information content (AvgIpc) is 2.73. The molecular formula is C23H27BrF3N3O4S. The normalized spacial score (nSPS) is 12.8. The molecule has 7 nitrogen and oxygen atoms in total. The molecule has 1 atom stereocenters. The minimum absolute atomic E-state index is 0.0227. The summed E-state index contributed by atoms with van der Waals surface area (Å²) in [5, 5.41) is 2.72. The molecule has 12 heteroatoms. The second-order valence-electron chi connectivity index (χ2n) is 8.31. The fraction of sp³-hybridized carbons (Fsp3) is 0.391. The maximum absolute atomic E-state index is 13.4. The van der Waals surface area contributed by atoms with Gasteiger partial charge >= 0.3 is 6.18 Å². The predicted octanol–water partition coefficient (Wildman–Crippen LogP) is 4.18. The molecular weight excluding hydrogens is 551 g/mol. The summed E-state index contributed by atoms with van der Waals surface area (Å²) in [6.45, 7) is 4.20. The maximum atomic E-state index is 13.4. The van der Waals surface area contributed by atoms with Gasteiger partial charge in [0.1, 0.15) is 12.6 Å². The summed E-state index contributed by atoms with van der Waals surface area (Å²) in [7, 11) is -4.14. The van der Waals surface area contributed by atoms with E-state index in [9.17, 15) is 31.2 Å². The van der Waals surface area contributed by atoms with Gasteiger partial charge in [0.25, 0.3) is 0 Å². The van der Waals surface area contributed by atoms with Crippen LogP contribution in [0.15, 0.2) is 53.0 Å². The highest BCUT2D eigenvalue weighted by Gasteiger charge is 2.33. The van der Waals surface area contributed by atoms with Crippen molar-refractivity contribution in [1.29, 1.82) is 0 Å². The number of hydrogen-bond donors (Lipinski definition) is 1. The van der Waals surface area contributed by atoms with Crippen LogP contribution in [0.25, 0.3) is 0 Å². The molecule has 1 N–H and O–H groups in total. The first-order valence-corrected chi connectivity index (χ1v) is 13.2. The van der Waals surface area contributed by atoms with Crippen LogP contribution in [0.2, 0.25) is 0 Å². The van der Waals surface area contributed by atoms with Gasteiger partial charge in [0.2, 0.25) is 21.8 Å². The Labute approximate surface area is 211 Å². The predicted molar refractivity (Wildman–Crippen MR) is 131 cm³/mol. The third-order valence-electron chi connectivity index (χ3n) is 4.98. The molecule has 0 fully saturated rings. The lowest BCUT2D eigenvalue weighted by molar-refractivity contribution is -0.139. The van der Waals surface area contributed by atoms with E-state index in [1.165, 1.54) is 17.9 Å². The Morgan fingerprint density at radius 2 is 1.69 bits per heavy atom. The fourth-order valence-corrected chi connectivity index (χ4v) is 4.56. The molecule has 0 saturated carbocycles. The summed E-state index contributed by atoms with van der Waals surface area (Å²) in [6.07, 6.45) is -3.90. The van der Waals surface area contributed by atoms with E-state index < -0.39 is 46.2 Å². The average molecular weight is 578 g/mol. The van der Waals surface area contributed by atoms with Crippen molar-refractivity contribution in [2.45, 2.75) is 45.6 Å². The van der Waals surface area contributed by atoms with Crippen molar-refractivity contribution in [2.24, 2.45) is 0 Å². The zero-order chi connectivity index (χ0) is 26.6. The quantitative estimate of drug-likeness (QED) is 0.484. The lowest BCUT2D eigenvalue weighted by atomic mass is 10.1. The lowest BCUT2D eigenvalue weighted by Gasteiger charge is -2.32. The molecule has 2 amide bonds. The molecule has 0 aromatic heterocycles. The monoisotopic (exact) mass is 577 g/mol. The highest BCUT2D eigenvalue weighted by Crippen LogP contribution is 2.32. The molecule has 0 aliphatic rings. The maximum Gasteiger partial charge on any atom is 0.416 e. The Balaban J connectivity index is 2.45. The summed E-state index contributed by atoms with van der Waals surface area (Å²) in [4.78, 5) is 27.3. The minimum Gasteiger partial charge on any atom is -0.352 e. The summed E-state index contributed by atoms with van der Waals surface area (Å²) in [5.74, 6) is -1.20. The smallest absolute Gasteiger partial charge is 0.352 e. The Hall–Kier alpha value is -2.60. The van der Waals surface area contributed by atoms with E-state index in [4.69, 9.17) is 0 Å². The Bertz CT molecular complexity index is 1170. The molecule has 0 aliphatic heterocycles. The standard InChI is InChI=1S/C23H27BrF3N3O4S/c1-15(2)28-22(32)16(3)29(13-17-7-5-9-19(24)11-17)21(31)14-30(35(4,33)34)20-10-6-8-18(12-20)23(25,26)27/h5-12,15-16H,13-14H2,1-4H3,(H,28,32). The van der Waals surface area contributed by atoms with Crippen LogP contribution in [0.5, 0.6) is 0 Å². The van der Waals surface area contributed by atoms with Crippen LogP contribution in [0, 0.1) is 0 Å². The molecule has 192 valence electrons. The van der Waals surface area contributed by atoms with Crippen molar-refractivity contribution in [2.75, 3.05) is 17.1 Å². The van der Waals surface area contributed by atoms with E-state index in [0.29, 0.717) is 15.9 Å². The molecule has 0 heterocycles. The third kappa shape index (κ3) is 8.24. The number of nitrogens with zero attached hydrogens (tertiary/aromatic N) is 2. The SMILES string of the molecule is CC(C)NC(=O)C(C)N(Cc1cccc(Br)c1)C(=O)CN(c1cccc(C(F)(F)F)c1)S(C)(=O)=O. The lowest BCUT2D eigenvalue weighted by Crippen LogP contribution is -2.52. The number of sulfonamides is 1. The van der Waals surface area contributed by atoms with Gasteiger partial charge in [-0.25, -0.2) is 8.42 Å². The molecule has 0 radical (unpaired) electrons. The van der Waals surface area contributed by atoms with Gasteiger partial charge in [0, 0.05) is 17.1 Å². The van der Waals surface area contributed by atoms with Crippen LogP contribution in [0.4, 0.5) is 18.9 Å². The van der Waals surface area contributed by atoms with Crippen molar-refractivity contribution in [3.8, 4) is 0 Å². The molecule has 2 rings (SSSR count). The van der Waals surface area contributed by atoms with Crippen molar-refractivity contribution < 1.29 is 31.2 Å². The van der Waals surface area contributed by atoms with Crippen LogP contribution < -0.4 is 9.62 Å². The Kier molecular flexibility index (Phi) is 9.35. The number of nitrogens with one attached hydrogen (secondary N) is 1. The highest BCUT2D eigenvalue weighted by molar-refractivity contribution is 9.10. The summed E-state index contributed by atoms with van der Waals surface area (Å²) in [5.41, 5.74) is -0.689. The van der Waals surface area contributed by atoms with Crippen molar-refractivity contribution in [1.82, 2.24) is 10.2 Å². The Morgan fingerprint density at radius 3 is 2.23 bits per heavy atom.